The number of hydrogen-bond donors (Lipinski definition) is 2. The molecule has 0 spiro atoms. The standard InChI is InChI=1S/C23H29N7.HI/c1-4-24-23(26-15-19-16-30-17(2)9-7-12-22(30)28-19)25-13-8-14-29-18(3)27-20-10-5-6-11-21(20)29;/h5-7,9-12,16H,4,8,13-15H2,1-3H3,(H2,24,25,26);1H. The number of benzene rings is 1. The maximum Gasteiger partial charge on any atom is 0.191 e. The van der Waals surface area contributed by atoms with Crippen LogP contribution in [0.15, 0.2) is 53.7 Å². The van der Waals surface area contributed by atoms with Gasteiger partial charge in [-0.25, -0.2) is 15.0 Å². The van der Waals surface area contributed by atoms with Crippen LogP contribution in [0.1, 0.15) is 30.6 Å². The first kappa shape index (κ1) is 23.1. The van der Waals surface area contributed by atoms with Crippen molar-refractivity contribution in [2.45, 2.75) is 40.3 Å². The summed E-state index contributed by atoms with van der Waals surface area (Å²) >= 11 is 0. The molecule has 0 amide bonds. The highest BCUT2D eigenvalue weighted by atomic mass is 127. The number of para-hydroxylation sites is 2. The van der Waals surface area contributed by atoms with Crippen molar-refractivity contribution in [3.05, 3.63) is 65.9 Å². The summed E-state index contributed by atoms with van der Waals surface area (Å²) < 4.78 is 4.38. The number of rotatable bonds is 7. The number of nitrogens with zero attached hydrogens (tertiary/aromatic N) is 5. The number of halogens is 1. The number of pyridine rings is 1. The summed E-state index contributed by atoms with van der Waals surface area (Å²) in [5.41, 5.74) is 5.34. The van der Waals surface area contributed by atoms with Crippen molar-refractivity contribution in [3.63, 3.8) is 0 Å². The molecule has 3 heterocycles. The first-order chi connectivity index (χ1) is 14.7. The molecule has 3 aromatic heterocycles. The molecule has 0 aliphatic rings. The summed E-state index contributed by atoms with van der Waals surface area (Å²) in [6.45, 7) is 9.34. The van der Waals surface area contributed by atoms with Crippen molar-refractivity contribution in [3.8, 4) is 0 Å². The van der Waals surface area contributed by atoms with Crippen LogP contribution in [-0.2, 0) is 13.1 Å². The summed E-state index contributed by atoms with van der Waals surface area (Å²) in [5.74, 6) is 1.87. The van der Waals surface area contributed by atoms with Crippen LogP contribution in [0.25, 0.3) is 16.7 Å². The van der Waals surface area contributed by atoms with Crippen LogP contribution < -0.4 is 10.6 Å². The minimum absolute atomic E-state index is 0. The Morgan fingerprint density at radius 1 is 1.03 bits per heavy atom. The molecule has 164 valence electrons. The van der Waals surface area contributed by atoms with E-state index in [-0.39, 0.29) is 24.0 Å². The quantitative estimate of drug-likeness (QED) is 0.163. The van der Waals surface area contributed by atoms with Crippen LogP contribution in [0.3, 0.4) is 0 Å². The topological polar surface area (TPSA) is 71.5 Å². The number of aliphatic imine (C=N–C) groups is 1. The van der Waals surface area contributed by atoms with Gasteiger partial charge in [-0.1, -0.05) is 18.2 Å². The molecular formula is C23H30IN7. The van der Waals surface area contributed by atoms with E-state index < -0.39 is 0 Å². The van der Waals surface area contributed by atoms with Gasteiger partial charge in [-0.3, -0.25) is 0 Å². The highest BCUT2D eigenvalue weighted by Crippen LogP contribution is 2.15. The van der Waals surface area contributed by atoms with Gasteiger partial charge in [0.15, 0.2) is 5.96 Å². The van der Waals surface area contributed by atoms with Crippen LogP contribution in [0.5, 0.6) is 0 Å². The first-order valence-electron chi connectivity index (χ1n) is 10.5. The van der Waals surface area contributed by atoms with Crippen molar-refractivity contribution in [1.29, 1.82) is 0 Å². The molecule has 0 aliphatic heterocycles. The molecule has 4 rings (SSSR count). The lowest BCUT2D eigenvalue weighted by Crippen LogP contribution is -2.38. The fourth-order valence-electron chi connectivity index (χ4n) is 3.70. The molecule has 7 nitrogen and oxygen atoms in total. The highest BCUT2D eigenvalue weighted by molar-refractivity contribution is 14.0. The van der Waals surface area contributed by atoms with Crippen LogP contribution in [0.2, 0.25) is 0 Å². The number of fused-ring (bicyclic) bond motifs is 2. The van der Waals surface area contributed by atoms with Gasteiger partial charge in [0.1, 0.15) is 11.5 Å². The molecule has 0 radical (unpaired) electrons. The summed E-state index contributed by atoms with van der Waals surface area (Å²) in [5, 5.41) is 6.75. The Morgan fingerprint density at radius 2 is 1.87 bits per heavy atom. The van der Waals surface area contributed by atoms with Crippen molar-refractivity contribution in [1.82, 2.24) is 29.6 Å². The number of hydrogen-bond acceptors (Lipinski definition) is 3. The van der Waals surface area contributed by atoms with Gasteiger partial charge in [0.05, 0.1) is 23.3 Å². The molecule has 8 heteroatoms. The zero-order valence-corrected chi connectivity index (χ0v) is 20.6. The Balaban J connectivity index is 0.00000272. The number of guanidine groups is 1. The van der Waals surface area contributed by atoms with E-state index in [0.717, 1.165) is 54.7 Å². The zero-order chi connectivity index (χ0) is 20.9. The SMILES string of the molecule is CCNC(=NCc1cn2c(C)cccc2n1)NCCCn1c(C)nc2ccccc21.I. The van der Waals surface area contributed by atoms with E-state index in [2.05, 4.69) is 80.8 Å². The molecule has 0 atom stereocenters. The zero-order valence-electron chi connectivity index (χ0n) is 18.3. The van der Waals surface area contributed by atoms with Crippen molar-refractivity contribution < 1.29 is 0 Å². The van der Waals surface area contributed by atoms with Gasteiger partial charge < -0.3 is 19.6 Å². The lowest BCUT2D eigenvalue weighted by Gasteiger charge is -2.12. The second kappa shape index (κ2) is 10.6. The molecule has 0 bridgehead atoms. The molecule has 0 fully saturated rings. The molecule has 0 aliphatic carbocycles. The number of imidazole rings is 2. The van der Waals surface area contributed by atoms with Crippen LogP contribution in [0, 0.1) is 13.8 Å². The lowest BCUT2D eigenvalue weighted by atomic mass is 10.3. The molecule has 0 saturated carbocycles. The number of aromatic nitrogens is 4. The van der Waals surface area contributed by atoms with Crippen molar-refractivity contribution >= 4 is 46.6 Å². The van der Waals surface area contributed by atoms with Crippen molar-refractivity contribution in [2.75, 3.05) is 13.1 Å². The van der Waals surface area contributed by atoms with Crippen LogP contribution in [0.4, 0.5) is 0 Å². The Bertz CT molecular complexity index is 1180. The van der Waals surface area contributed by atoms with Gasteiger partial charge in [0.25, 0.3) is 0 Å². The van der Waals surface area contributed by atoms with E-state index in [4.69, 9.17) is 4.99 Å². The second-order valence-electron chi connectivity index (χ2n) is 7.40. The predicted octanol–water partition coefficient (Wildman–Crippen LogP) is 4.06. The van der Waals surface area contributed by atoms with Gasteiger partial charge in [-0.15, -0.1) is 24.0 Å². The predicted molar refractivity (Wildman–Crippen MR) is 137 cm³/mol. The third-order valence-electron chi connectivity index (χ3n) is 5.19. The smallest absolute Gasteiger partial charge is 0.191 e. The molecule has 31 heavy (non-hydrogen) atoms. The average molecular weight is 531 g/mol. The maximum absolute atomic E-state index is 4.71. The summed E-state index contributed by atoms with van der Waals surface area (Å²) in [6.07, 6.45) is 3.05. The summed E-state index contributed by atoms with van der Waals surface area (Å²) in [7, 11) is 0. The van der Waals surface area contributed by atoms with Gasteiger partial charge >= 0.3 is 0 Å². The van der Waals surface area contributed by atoms with E-state index in [1.165, 1.54) is 11.2 Å². The average Bonchev–Trinajstić information content (AvgIpc) is 3.30. The lowest BCUT2D eigenvalue weighted by molar-refractivity contribution is 0.624. The number of aryl methyl sites for hydroxylation is 3. The van der Waals surface area contributed by atoms with Gasteiger partial charge in [-0.05, 0) is 51.5 Å². The van der Waals surface area contributed by atoms with Crippen molar-refractivity contribution in [2.24, 2.45) is 4.99 Å². The van der Waals surface area contributed by atoms with E-state index in [1.807, 2.05) is 18.2 Å². The van der Waals surface area contributed by atoms with Crippen LogP contribution >= 0.6 is 24.0 Å². The van der Waals surface area contributed by atoms with Crippen LogP contribution in [-0.4, -0.2) is 38.0 Å². The molecule has 1 aromatic carbocycles. The summed E-state index contributed by atoms with van der Waals surface area (Å²) in [6, 6.07) is 14.4. The van der Waals surface area contributed by atoms with E-state index >= 15 is 0 Å². The van der Waals surface area contributed by atoms with E-state index in [0.29, 0.717) is 6.54 Å². The Hall–Kier alpha value is -2.62. The molecule has 0 saturated heterocycles. The first-order valence-corrected chi connectivity index (χ1v) is 10.5. The van der Waals surface area contributed by atoms with Gasteiger partial charge in [-0.2, -0.15) is 0 Å². The van der Waals surface area contributed by atoms with Gasteiger partial charge in [0.2, 0.25) is 0 Å². The fraction of sp³-hybridized carbons (Fsp3) is 0.348. The molecule has 2 N–H and O–H groups in total. The fourth-order valence-corrected chi connectivity index (χ4v) is 3.70. The maximum atomic E-state index is 4.71. The monoisotopic (exact) mass is 531 g/mol. The Labute approximate surface area is 200 Å². The highest BCUT2D eigenvalue weighted by Gasteiger charge is 2.07. The molecular weight excluding hydrogens is 501 g/mol. The van der Waals surface area contributed by atoms with E-state index in [1.54, 1.807) is 0 Å². The minimum atomic E-state index is 0. The number of nitrogens with one attached hydrogen (secondary N) is 2. The van der Waals surface area contributed by atoms with Gasteiger partial charge in [0, 0.05) is 31.5 Å². The third kappa shape index (κ3) is 5.36. The normalized spacial score (nSPS) is 11.6. The molecule has 0 unspecified atom stereocenters. The summed E-state index contributed by atoms with van der Waals surface area (Å²) in [4.78, 5) is 14.0. The largest absolute Gasteiger partial charge is 0.357 e. The third-order valence-corrected chi connectivity index (χ3v) is 5.19. The molecule has 4 aromatic rings. The minimum Gasteiger partial charge on any atom is -0.357 e. The Kier molecular flexibility index (Phi) is 7.89. The second-order valence-corrected chi connectivity index (χ2v) is 7.40. The van der Waals surface area contributed by atoms with E-state index in [9.17, 15) is 0 Å². The Morgan fingerprint density at radius 3 is 2.68 bits per heavy atom.